The SMILES string of the molecule is CC1(C)OB(c2ccc(C3(N)CC3)[nH]c2=O)OC1(C)C. The summed E-state index contributed by atoms with van der Waals surface area (Å²) in [5.41, 5.74) is 5.96. The van der Waals surface area contributed by atoms with E-state index in [0.29, 0.717) is 5.46 Å². The zero-order valence-electron chi connectivity index (χ0n) is 12.4. The quantitative estimate of drug-likeness (QED) is 0.776. The monoisotopic (exact) mass is 276 g/mol. The summed E-state index contributed by atoms with van der Waals surface area (Å²) < 4.78 is 11.8. The van der Waals surface area contributed by atoms with Crippen molar-refractivity contribution >= 4 is 12.6 Å². The molecule has 5 nitrogen and oxygen atoms in total. The Bertz CT molecular complexity index is 589. The lowest BCUT2D eigenvalue weighted by molar-refractivity contribution is 0.00578. The van der Waals surface area contributed by atoms with Gasteiger partial charge in [0.1, 0.15) is 0 Å². The number of nitrogens with two attached hydrogens (primary N) is 1. The first-order valence-corrected chi connectivity index (χ1v) is 7.03. The Balaban J connectivity index is 1.91. The molecular formula is C14H21BN2O3. The van der Waals surface area contributed by atoms with Crippen molar-refractivity contribution in [3.63, 3.8) is 0 Å². The van der Waals surface area contributed by atoms with E-state index in [1.54, 1.807) is 6.07 Å². The Hall–Kier alpha value is -1.11. The highest BCUT2D eigenvalue weighted by Crippen LogP contribution is 2.41. The first kappa shape index (κ1) is 13.9. The normalized spacial score (nSPS) is 25.8. The molecule has 1 aliphatic carbocycles. The average molecular weight is 276 g/mol. The van der Waals surface area contributed by atoms with Crippen molar-refractivity contribution < 1.29 is 9.31 Å². The van der Waals surface area contributed by atoms with Crippen LogP contribution in [0.15, 0.2) is 16.9 Å². The molecule has 20 heavy (non-hydrogen) atoms. The summed E-state index contributed by atoms with van der Waals surface area (Å²) in [7, 11) is -0.634. The lowest BCUT2D eigenvalue weighted by Crippen LogP contribution is -2.45. The van der Waals surface area contributed by atoms with Gasteiger partial charge in [-0.2, -0.15) is 0 Å². The molecule has 1 aromatic rings. The maximum Gasteiger partial charge on any atom is 0.500 e. The van der Waals surface area contributed by atoms with Crippen LogP contribution in [-0.4, -0.2) is 23.3 Å². The van der Waals surface area contributed by atoms with Gasteiger partial charge >= 0.3 is 7.12 Å². The molecule has 1 saturated heterocycles. The number of nitrogens with one attached hydrogen (secondary N) is 1. The van der Waals surface area contributed by atoms with Gasteiger partial charge < -0.3 is 20.0 Å². The molecule has 0 amide bonds. The van der Waals surface area contributed by atoms with Crippen LogP contribution in [-0.2, 0) is 14.8 Å². The van der Waals surface area contributed by atoms with Crippen molar-refractivity contribution in [1.29, 1.82) is 0 Å². The lowest BCUT2D eigenvalue weighted by atomic mass is 9.80. The van der Waals surface area contributed by atoms with Gasteiger partial charge in [-0.15, -0.1) is 0 Å². The second-order valence-electron chi connectivity index (χ2n) is 6.90. The van der Waals surface area contributed by atoms with E-state index in [9.17, 15) is 4.79 Å². The van der Waals surface area contributed by atoms with Gasteiger partial charge in [0.2, 0.25) is 5.56 Å². The third-order valence-electron chi connectivity index (χ3n) is 4.77. The second-order valence-corrected chi connectivity index (χ2v) is 6.90. The lowest BCUT2D eigenvalue weighted by Gasteiger charge is -2.32. The number of hydrogen-bond donors (Lipinski definition) is 2. The fourth-order valence-corrected chi connectivity index (χ4v) is 2.34. The van der Waals surface area contributed by atoms with Crippen molar-refractivity contribution in [2.45, 2.75) is 57.3 Å². The molecular weight excluding hydrogens is 255 g/mol. The number of pyridine rings is 1. The fraction of sp³-hybridized carbons (Fsp3) is 0.643. The van der Waals surface area contributed by atoms with Crippen molar-refractivity contribution in [3.8, 4) is 0 Å². The first-order valence-electron chi connectivity index (χ1n) is 7.03. The Morgan fingerprint density at radius 3 is 2.15 bits per heavy atom. The maximum atomic E-state index is 12.3. The second kappa shape index (κ2) is 3.96. The number of rotatable bonds is 2. The van der Waals surface area contributed by atoms with Gasteiger partial charge in [-0.25, -0.2) is 0 Å². The molecule has 0 unspecified atom stereocenters. The highest BCUT2D eigenvalue weighted by atomic mass is 16.7. The van der Waals surface area contributed by atoms with Gasteiger partial charge in [-0.05, 0) is 46.6 Å². The van der Waals surface area contributed by atoms with E-state index in [-0.39, 0.29) is 11.1 Å². The molecule has 1 aromatic heterocycles. The van der Waals surface area contributed by atoms with Gasteiger partial charge in [0.25, 0.3) is 0 Å². The van der Waals surface area contributed by atoms with E-state index in [4.69, 9.17) is 15.0 Å². The Labute approximate surface area is 119 Å². The predicted octanol–water partition coefficient (Wildman–Crippen LogP) is 0.622. The fourth-order valence-electron chi connectivity index (χ4n) is 2.34. The van der Waals surface area contributed by atoms with E-state index < -0.39 is 18.3 Å². The number of hydrogen-bond acceptors (Lipinski definition) is 4. The molecule has 3 N–H and O–H groups in total. The molecule has 2 fully saturated rings. The molecule has 108 valence electrons. The van der Waals surface area contributed by atoms with Crippen LogP contribution in [0.2, 0.25) is 0 Å². The minimum absolute atomic E-state index is 0.183. The average Bonchev–Trinajstić information content (AvgIpc) is 3.01. The number of aromatic amines is 1. The number of H-pyrrole nitrogens is 1. The van der Waals surface area contributed by atoms with Gasteiger partial charge in [-0.1, -0.05) is 6.07 Å². The van der Waals surface area contributed by atoms with Gasteiger partial charge in [-0.3, -0.25) is 4.79 Å². The molecule has 1 aliphatic heterocycles. The third-order valence-corrected chi connectivity index (χ3v) is 4.77. The van der Waals surface area contributed by atoms with Crippen LogP contribution in [0.25, 0.3) is 0 Å². The van der Waals surface area contributed by atoms with Gasteiger partial charge in [0.15, 0.2) is 0 Å². The van der Waals surface area contributed by atoms with E-state index >= 15 is 0 Å². The van der Waals surface area contributed by atoms with E-state index in [0.717, 1.165) is 18.5 Å². The van der Waals surface area contributed by atoms with Crippen LogP contribution in [0.4, 0.5) is 0 Å². The summed E-state index contributed by atoms with van der Waals surface area (Å²) in [5, 5.41) is 0. The van der Waals surface area contributed by atoms with Crippen molar-refractivity contribution in [2.24, 2.45) is 5.73 Å². The number of aromatic nitrogens is 1. The smallest absolute Gasteiger partial charge is 0.399 e. The van der Waals surface area contributed by atoms with Gasteiger partial charge in [0, 0.05) is 11.2 Å². The van der Waals surface area contributed by atoms with Crippen molar-refractivity contribution in [1.82, 2.24) is 4.98 Å². The zero-order chi connectivity index (χ0) is 14.8. The summed E-state index contributed by atoms with van der Waals surface area (Å²) in [5.74, 6) is 0. The summed E-state index contributed by atoms with van der Waals surface area (Å²) in [4.78, 5) is 15.1. The minimum atomic E-state index is -0.634. The van der Waals surface area contributed by atoms with Crippen LogP contribution in [0.3, 0.4) is 0 Å². The predicted molar refractivity (Wildman–Crippen MR) is 77.9 cm³/mol. The molecule has 0 atom stereocenters. The molecule has 0 aromatic carbocycles. The maximum absolute atomic E-state index is 12.3. The van der Waals surface area contributed by atoms with Crippen LogP contribution in [0, 0.1) is 0 Å². The van der Waals surface area contributed by atoms with Crippen LogP contribution >= 0.6 is 0 Å². The third kappa shape index (κ3) is 2.03. The molecule has 0 spiro atoms. The molecule has 3 rings (SSSR count). The topological polar surface area (TPSA) is 77.3 Å². The van der Waals surface area contributed by atoms with E-state index in [2.05, 4.69) is 4.98 Å². The van der Waals surface area contributed by atoms with E-state index in [1.165, 1.54) is 0 Å². The molecule has 1 saturated carbocycles. The summed E-state index contributed by atoms with van der Waals surface area (Å²) in [6, 6.07) is 3.64. The Morgan fingerprint density at radius 2 is 1.70 bits per heavy atom. The highest BCUT2D eigenvalue weighted by molar-refractivity contribution is 6.61. The van der Waals surface area contributed by atoms with Crippen LogP contribution in [0.1, 0.15) is 46.2 Å². The van der Waals surface area contributed by atoms with Gasteiger partial charge in [0.05, 0.1) is 16.7 Å². The van der Waals surface area contributed by atoms with Crippen molar-refractivity contribution in [3.05, 3.63) is 28.2 Å². The molecule has 0 bridgehead atoms. The summed E-state index contributed by atoms with van der Waals surface area (Å²) >= 11 is 0. The minimum Gasteiger partial charge on any atom is -0.399 e. The van der Waals surface area contributed by atoms with Crippen LogP contribution < -0.4 is 16.8 Å². The molecule has 0 radical (unpaired) electrons. The molecule has 6 heteroatoms. The van der Waals surface area contributed by atoms with Crippen LogP contribution in [0.5, 0.6) is 0 Å². The summed E-state index contributed by atoms with van der Waals surface area (Å²) in [6.45, 7) is 7.87. The Morgan fingerprint density at radius 1 is 1.15 bits per heavy atom. The van der Waals surface area contributed by atoms with E-state index in [1.807, 2.05) is 33.8 Å². The van der Waals surface area contributed by atoms with Crippen molar-refractivity contribution in [2.75, 3.05) is 0 Å². The Kier molecular flexibility index (Phi) is 2.75. The highest BCUT2D eigenvalue weighted by Gasteiger charge is 2.52. The molecule has 2 heterocycles. The summed E-state index contributed by atoms with van der Waals surface area (Å²) in [6.07, 6.45) is 1.83. The standard InChI is InChI=1S/C14H21BN2O3/c1-12(2)13(3,4)20-15(19-12)9-5-6-10(17-11(9)18)14(16)7-8-14/h5-6H,7-8,16H2,1-4H3,(H,17,18). The zero-order valence-corrected chi connectivity index (χ0v) is 12.4. The largest absolute Gasteiger partial charge is 0.500 e. The first-order chi connectivity index (χ1) is 9.15. The molecule has 2 aliphatic rings.